The van der Waals surface area contributed by atoms with Crippen molar-refractivity contribution in [1.82, 2.24) is 9.78 Å². The van der Waals surface area contributed by atoms with Gasteiger partial charge in [-0.3, -0.25) is 14.3 Å². The van der Waals surface area contributed by atoms with Crippen LogP contribution in [0.3, 0.4) is 0 Å². The molecule has 0 radical (unpaired) electrons. The number of amides is 1. The summed E-state index contributed by atoms with van der Waals surface area (Å²) in [5.74, 6) is 1.70. The molecule has 2 fully saturated rings. The molecule has 2 aliphatic carbocycles. The van der Waals surface area contributed by atoms with Gasteiger partial charge >= 0.3 is 11.6 Å². The van der Waals surface area contributed by atoms with E-state index in [1.807, 2.05) is 55.4 Å². The van der Waals surface area contributed by atoms with Gasteiger partial charge in [0.25, 0.3) is 5.52 Å². The summed E-state index contributed by atoms with van der Waals surface area (Å²) in [4.78, 5) is 21.0. The molecule has 186 valence electrons. The quantitative estimate of drug-likeness (QED) is 0.392. The van der Waals surface area contributed by atoms with Gasteiger partial charge in [-0.15, -0.1) is 0 Å². The second-order valence-corrected chi connectivity index (χ2v) is 10.5. The first-order valence-electron chi connectivity index (χ1n) is 13.0. The summed E-state index contributed by atoms with van der Waals surface area (Å²) < 4.78 is 3.75. The highest BCUT2D eigenvalue weighted by Gasteiger charge is 2.34. The molecular formula is C29H34N5O2+. The minimum Gasteiger partial charge on any atom is -0.376 e. The van der Waals surface area contributed by atoms with E-state index in [9.17, 15) is 4.79 Å². The Morgan fingerprint density at radius 1 is 1.00 bits per heavy atom. The van der Waals surface area contributed by atoms with Gasteiger partial charge in [0.15, 0.2) is 0 Å². The van der Waals surface area contributed by atoms with E-state index in [1.165, 1.54) is 38.5 Å². The average Bonchev–Trinajstić information content (AvgIpc) is 3.66. The molecule has 0 unspecified atom stereocenters. The smallest absolute Gasteiger partial charge is 0.325 e. The number of para-hydroxylation sites is 1. The molecule has 4 aromatic rings. The molecule has 7 heteroatoms. The van der Waals surface area contributed by atoms with Crippen LogP contribution in [-0.4, -0.2) is 36.9 Å². The number of carbonyl (C=O) groups is 1. The maximum Gasteiger partial charge on any atom is 0.325 e. The lowest BCUT2D eigenvalue weighted by molar-refractivity contribution is -0.866. The third-order valence-electron chi connectivity index (χ3n) is 7.98. The molecule has 0 atom stereocenters. The summed E-state index contributed by atoms with van der Waals surface area (Å²) in [5.41, 5.74) is 3.91. The predicted octanol–water partition coefficient (Wildman–Crippen LogP) is 5.00. The van der Waals surface area contributed by atoms with Gasteiger partial charge in [0.05, 0.1) is 28.3 Å². The van der Waals surface area contributed by atoms with E-state index >= 15 is 0 Å². The number of benzene rings is 2. The van der Waals surface area contributed by atoms with Crippen LogP contribution < -0.4 is 19.8 Å². The third-order valence-corrected chi connectivity index (χ3v) is 7.98. The molecule has 2 heterocycles. The number of nitrogens with one attached hydrogen (secondary N) is 1. The van der Waals surface area contributed by atoms with Crippen molar-refractivity contribution in [2.24, 2.45) is 11.8 Å². The van der Waals surface area contributed by atoms with E-state index in [4.69, 9.17) is 9.94 Å². The zero-order valence-corrected chi connectivity index (χ0v) is 21.3. The molecule has 0 saturated heterocycles. The second kappa shape index (κ2) is 9.12. The van der Waals surface area contributed by atoms with Crippen LogP contribution in [0.15, 0.2) is 54.7 Å². The number of aromatic nitrogens is 3. The highest BCUT2D eigenvalue weighted by atomic mass is 16.6. The van der Waals surface area contributed by atoms with Crippen molar-refractivity contribution in [3.05, 3.63) is 60.4 Å². The van der Waals surface area contributed by atoms with Crippen molar-refractivity contribution in [3.63, 3.8) is 0 Å². The fourth-order valence-electron chi connectivity index (χ4n) is 5.87. The number of hydrogen-bond donors (Lipinski definition) is 1. The molecule has 0 bridgehead atoms. The van der Waals surface area contributed by atoms with Gasteiger partial charge in [0.1, 0.15) is 7.11 Å². The molecule has 0 spiro atoms. The van der Waals surface area contributed by atoms with Crippen molar-refractivity contribution in [2.45, 2.75) is 44.6 Å². The first-order chi connectivity index (χ1) is 17.5. The van der Waals surface area contributed by atoms with Crippen LogP contribution in [0.2, 0.25) is 0 Å². The Morgan fingerprint density at radius 2 is 1.72 bits per heavy atom. The number of pyridine rings is 1. The number of carbonyl (C=O) groups excluding carboxylic acids is 1. The van der Waals surface area contributed by atoms with E-state index in [-0.39, 0.29) is 5.91 Å². The Labute approximate surface area is 211 Å². The molecule has 1 N–H and O–H groups in total. The molecule has 2 aliphatic rings. The van der Waals surface area contributed by atoms with Crippen LogP contribution in [0.1, 0.15) is 55.1 Å². The van der Waals surface area contributed by atoms with Crippen LogP contribution in [-0.2, 0) is 0 Å². The molecule has 36 heavy (non-hydrogen) atoms. The highest BCUT2D eigenvalue weighted by molar-refractivity contribution is 6.06. The average molecular weight is 485 g/mol. The molecule has 2 aromatic heterocycles. The standard InChI is InChI=1S/C29H33N5O2/c1-32(2)28-17-24-22(18-33(31-24)23-13-10-20(11-14-23)19-8-9-19)16-25(28)30-29(35)27-15-12-21-6-4-5-7-26(21)34(27)36-3/h4-7,12,15-20,23H,8-11,13-14H2,1-3H3/p+1. The Balaban J connectivity index is 1.30. The highest BCUT2D eigenvalue weighted by Crippen LogP contribution is 2.46. The Hall–Kier alpha value is -3.61. The number of hydrogen-bond acceptors (Lipinski definition) is 4. The monoisotopic (exact) mass is 484 g/mol. The maximum absolute atomic E-state index is 13.4. The number of nitrogens with zero attached hydrogens (tertiary/aromatic N) is 4. The lowest BCUT2D eigenvalue weighted by Gasteiger charge is -2.28. The van der Waals surface area contributed by atoms with Gasteiger partial charge in [0, 0.05) is 42.5 Å². The molecule has 0 aliphatic heterocycles. The molecule has 1 amide bonds. The van der Waals surface area contributed by atoms with E-state index in [1.54, 1.807) is 17.9 Å². The number of fused-ring (bicyclic) bond motifs is 2. The van der Waals surface area contributed by atoms with Gasteiger partial charge in [-0.25, -0.2) is 0 Å². The van der Waals surface area contributed by atoms with Crippen LogP contribution >= 0.6 is 0 Å². The summed E-state index contributed by atoms with van der Waals surface area (Å²) >= 11 is 0. The van der Waals surface area contributed by atoms with E-state index in [0.29, 0.717) is 11.7 Å². The maximum atomic E-state index is 13.4. The van der Waals surface area contributed by atoms with Crippen LogP contribution in [0.4, 0.5) is 11.4 Å². The molecule has 7 nitrogen and oxygen atoms in total. The van der Waals surface area contributed by atoms with Gasteiger partial charge < -0.3 is 10.2 Å². The first-order valence-corrected chi connectivity index (χ1v) is 13.0. The van der Waals surface area contributed by atoms with E-state index in [0.717, 1.165) is 45.0 Å². The Bertz CT molecular complexity index is 1430. The minimum atomic E-state index is -0.226. The van der Waals surface area contributed by atoms with Crippen molar-refractivity contribution in [3.8, 4) is 0 Å². The molecule has 6 rings (SSSR count). The van der Waals surface area contributed by atoms with Crippen molar-refractivity contribution < 1.29 is 14.4 Å². The molecule has 2 aromatic carbocycles. The topological polar surface area (TPSA) is 63.3 Å². The zero-order valence-electron chi connectivity index (χ0n) is 21.3. The third kappa shape index (κ3) is 4.16. The SMILES string of the molecule is CO[n+]1c(C(=O)Nc2cc3cn(C4CCC(C5CC5)CC4)nc3cc2N(C)C)ccc2ccccc21. The fourth-order valence-corrected chi connectivity index (χ4v) is 5.87. The van der Waals surface area contributed by atoms with Crippen LogP contribution in [0.25, 0.3) is 21.8 Å². The first kappa shape index (κ1) is 22.8. The van der Waals surface area contributed by atoms with Gasteiger partial charge in [-0.05, 0) is 74.6 Å². The summed E-state index contributed by atoms with van der Waals surface area (Å²) in [5, 5.41) is 10.1. The van der Waals surface area contributed by atoms with Crippen LogP contribution in [0.5, 0.6) is 0 Å². The lowest BCUT2D eigenvalue weighted by Crippen LogP contribution is -2.48. The minimum absolute atomic E-state index is 0.226. The van der Waals surface area contributed by atoms with Crippen molar-refractivity contribution in [2.75, 3.05) is 31.4 Å². The Kier molecular flexibility index (Phi) is 5.78. The Morgan fingerprint density at radius 3 is 2.42 bits per heavy atom. The predicted molar refractivity (Wildman–Crippen MR) is 142 cm³/mol. The summed E-state index contributed by atoms with van der Waals surface area (Å²) in [6.07, 6.45) is 10.1. The lowest BCUT2D eigenvalue weighted by atomic mass is 9.83. The largest absolute Gasteiger partial charge is 0.376 e. The number of anilines is 2. The second-order valence-electron chi connectivity index (χ2n) is 10.5. The van der Waals surface area contributed by atoms with E-state index in [2.05, 4.69) is 22.3 Å². The van der Waals surface area contributed by atoms with Gasteiger partial charge in [-0.2, -0.15) is 5.10 Å². The normalized spacial score (nSPS) is 20.0. The molecule has 2 saturated carbocycles. The number of rotatable bonds is 6. The summed E-state index contributed by atoms with van der Waals surface area (Å²) in [6.45, 7) is 0. The van der Waals surface area contributed by atoms with E-state index < -0.39 is 0 Å². The van der Waals surface area contributed by atoms with Gasteiger partial charge in [0.2, 0.25) is 0 Å². The van der Waals surface area contributed by atoms with Crippen molar-refractivity contribution >= 4 is 39.1 Å². The van der Waals surface area contributed by atoms with Gasteiger partial charge in [-0.1, -0.05) is 12.1 Å². The summed E-state index contributed by atoms with van der Waals surface area (Å²) in [6, 6.07) is 16.2. The molecular weight excluding hydrogens is 450 g/mol. The fraction of sp³-hybridized carbons (Fsp3) is 0.414. The van der Waals surface area contributed by atoms with Crippen LogP contribution in [0, 0.1) is 11.8 Å². The van der Waals surface area contributed by atoms with Crippen molar-refractivity contribution in [1.29, 1.82) is 0 Å². The summed E-state index contributed by atoms with van der Waals surface area (Å²) in [7, 11) is 5.55. The zero-order chi connectivity index (χ0) is 24.8.